The summed E-state index contributed by atoms with van der Waals surface area (Å²) in [6.45, 7) is 4.78. The number of fused-ring (bicyclic) bond motifs is 3. The van der Waals surface area contributed by atoms with E-state index in [1.165, 1.54) is 54.0 Å². The Morgan fingerprint density at radius 3 is 2.26 bits per heavy atom. The van der Waals surface area contributed by atoms with Gasteiger partial charge in [-0.15, -0.1) is 0 Å². The van der Waals surface area contributed by atoms with Crippen LogP contribution in [0.2, 0.25) is 0 Å². The summed E-state index contributed by atoms with van der Waals surface area (Å²) in [5.41, 5.74) is 7.44. The second-order valence-corrected chi connectivity index (χ2v) is 8.34. The first-order valence-electron chi connectivity index (χ1n) is 11.3. The summed E-state index contributed by atoms with van der Waals surface area (Å²) in [6, 6.07) is 17.9. The van der Waals surface area contributed by atoms with Crippen molar-refractivity contribution in [2.45, 2.75) is 52.4 Å². The van der Waals surface area contributed by atoms with Crippen LogP contribution in [0.1, 0.15) is 66.8 Å². The van der Waals surface area contributed by atoms with Crippen molar-refractivity contribution >= 4 is 0 Å². The minimum Gasteiger partial charge on any atom is -0.494 e. The molecule has 0 saturated heterocycles. The predicted octanol–water partition coefficient (Wildman–Crippen LogP) is 7.45. The maximum Gasteiger partial charge on any atom is 0.127 e. The number of hydrogen-bond donors (Lipinski definition) is 0. The van der Waals surface area contributed by atoms with Crippen LogP contribution in [-0.4, -0.2) is 6.61 Å². The number of aryl methyl sites for hydroxylation is 1. The van der Waals surface area contributed by atoms with Crippen molar-refractivity contribution in [3.05, 3.63) is 88.2 Å². The normalized spacial score (nSPS) is 11.5. The molecule has 0 bridgehead atoms. The molecule has 0 unspecified atom stereocenters. The molecule has 158 valence electrons. The van der Waals surface area contributed by atoms with Crippen LogP contribution in [-0.2, 0) is 6.42 Å². The summed E-state index contributed by atoms with van der Waals surface area (Å²) in [4.78, 5) is 0. The molecule has 2 heteroatoms. The molecule has 31 heavy (non-hydrogen) atoms. The summed E-state index contributed by atoms with van der Waals surface area (Å²) in [5, 5.41) is 0. The van der Waals surface area contributed by atoms with Crippen molar-refractivity contribution in [1.82, 2.24) is 0 Å². The summed E-state index contributed by atoms with van der Waals surface area (Å²) in [5.74, 6) is 7.01. The van der Waals surface area contributed by atoms with Crippen LogP contribution in [0, 0.1) is 24.6 Å². The van der Waals surface area contributed by atoms with Gasteiger partial charge in [-0.25, -0.2) is 4.39 Å². The zero-order valence-corrected chi connectivity index (χ0v) is 18.4. The molecule has 3 aromatic carbocycles. The minimum atomic E-state index is -0.213. The smallest absolute Gasteiger partial charge is 0.127 e. The Balaban J connectivity index is 1.42. The average Bonchev–Trinajstić information content (AvgIpc) is 3.14. The van der Waals surface area contributed by atoms with E-state index in [1.54, 1.807) is 13.0 Å². The van der Waals surface area contributed by atoms with Crippen molar-refractivity contribution in [1.29, 1.82) is 0 Å². The van der Waals surface area contributed by atoms with E-state index in [0.717, 1.165) is 30.8 Å². The molecule has 0 amide bonds. The minimum absolute atomic E-state index is 0.213. The SMILES string of the molecule is CCCCCCCOc1ccc2c(c1)Cc1cc(C#Cc3ccc(C)c(F)c3)ccc1-2. The third-order valence-corrected chi connectivity index (χ3v) is 5.89. The van der Waals surface area contributed by atoms with Crippen molar-refractivity contribution in [3.63, 3.8) is 0 Å². The number of ether oxygens (including phenoxy) is 1. The highest BCUT2D eigenvalue weighted by molar-refractivity contribution is 5.78. The first kappa shape index (κ1) is 21.2. The van der Waals surface area contributed by atoms with E-state index in [1.807, 2.05) is 12.1 Å². The van der Waals surface area contributed by atoms with Gasteiger partial charge in [0.1, 0.15) is 11.6 Å². The molecule has 1 nitrogen and oxygen atoms in total. The highest BCUT2D eigenvalue weighted by Crippen LogP contribution is 2.38. The molecule has 0 fully saturated rings. The highest BCUT2D eigenvalue weighted by atomic mass is 19.1. The number of hydrogen-bond acceptors (Lipinski definition) is 1. The van der Waals surface area contributed by atoms with Crippen LogP contribution >= 0.6 is 0 Å². The molecule has 4 rings (SSSR count). The first-order valence-corrected chi connectivity index (χ1v) is 11.3. The molecule has 0 aliphatic heterocycles. The van der Waals surface area contributed by atoms with Crippen molar-refractivity contribution in [3.8, 4) is 28.7 Å². The van der Waals surface area contributed by atoms with Gasteiger partial charge >= 0.3 is 0 Å². The van der Waals surface area contributed by atoms with Crippen LogP contribution in [0.3, 0.4) is 0 Å². The third kappa shape index (κ3) is 5.17. The van der Waals surface area contributed by atoms with Gasteiger partial charge in [0.2, 0.25) is 0 Å². The van der Waals surface area contributed by atoms with Crippen LogP contribution < -0.4 is 4.74 Å². The van der Waals surface area contributed by atoms with E-state index in [9.17, 15) is 4.39 Å². The fourth-order valence-corrected chi connectivity index (χ4v) is 4.07. The molecule has 0 spiro atoms. The molecule has 0 heterocycles. The zero-order chi connectivity index (χ0) is 21.6. The molecule has 1 aliphatic carbocycles. The van der Waals surface area contributed by atoms with Crippen LogP contribution in [0.25, 0.3) is 11.1 Å². The highest BCUT2D eigenvalue weighted by Gasteiger charge is 2.19. The van der Waals surface area contributed by atoms with Crippen molar-refractivity contribution < 1.29 is 9.13 Å². The number of rotatable bonds is 7. The Labute approximate surface area is 185 Å². The molecule has 0 saturated carbocycles. The lowest BCUT2D eigenvalue weighted by Crippen LogP contribution is -1.97. The molecule has 0 N–H and O–H groups in total. The molecule has 3 aromatic rings. The molecular weight excluding hydrogens is 383 g/mol. The van der Waals surface area contributed by atoms with Gasteiger partial charge in [-0.05, 0) is 84.0 Å². The Morgan fingerprint density at radius 1 is 0.806 bits per heavy atom. The fraction of sp³-hybridized carbons (Fsp3) is 0.310. The van der Waals surface area contributed by atoms with E-state index in [-0.39, 0.29) is 5.82 Å². The lowest BCUT2D eigenvalue weighted by molar-refractivity contribution is 0.304. The van der Waals surface area contributed by atoms with Gasteiger partial charge < -0.3 is 4.74 Å². The fourth-order valence-electron chi connectivity index (χ4n) is 4.07. The molecule has 1 aliphatic rings. The largest absolute Gasteiger partial charge is 0.494 e. The predicted molar refractivity (Wildman–Crippen MR) is 126 cm³/mol. The number of unbranched alkanes of at least 4 members (excludes halogenated alkanes) is 4. The van der Waals surface area contributed by atoms with Crippen LogP contribution in [0.5, 0.6) is 5.75 Å². The van der Waals surface area contributed by atoms with Crippen molar-refractivity contribution in [2.24, 2.45) is 0 Å². The lowest BCUT2D eigenvalue weighted by Gasteiger charge is -2.08. The van der Waals surface area contributed by atoms with Gasteiger partial charge in [-0.1, -0.05) is 62.6 Å². The van der Waals surface area contributed by atoms with Crippen molar-refractivity contribution in [2.75, 3.05) is 6.61 Å². The van der Waals surface area contributed by atoms with E-state index in [2.05, 4.69) is 49.1 Å². The quantitative estimate of drug-likeness (QED) is 0.226. The first-order chi connectivity index (χ1) is 15.1. The zero-order valence-electron chi connectivity index (χ0n) is 18.4. The van der Waals surface area contributed by atoms with Gasteiger partial charge in [-0.3, -0.25) is 0 Å². The topological polar surface area (TPSA) is 9.23 Å². The van der Waals surface area contributed by atoms with E-state index < -0.39 is 0 Å². The molecule has 0 radical (unpaired) electrons. The van der Waals surface area contributed by atoms with Gasteiger partial charge in [0.15, 0.2) is 0 Å². The van der Waals surface area contributed by atoms with Gasteiger partial charge in [0, 0.05) is 11.1 Å². The maximum absolute atomic E-state index is 13.7. The number of halogens is 1. The molecular formula is C29H29FO. The van der Waals surface area contributed by atoms with Crippen LogP contribution in [0.15, 0.2) is 54.6 Å². The number of benzene rings is 3. The van der Waals surface area contributed by atoms with Gasteiger partial charge in [0.25, 0.3) is 0 Å². The Morgan fingerprint density at radius 2 is 1.48 bits per heavy atom. The summed E-state index contributed by atoms with van der Waals surface area (Å²) in [6.07, 6.45) is 7.12. The average molecular weight is 413 g/mol. The van der Waals surface area contributed by atoms with Gasteiger partial charge in [-0.2, -0.15) is 0 Å². The van der Waals surface area contributed by atoms with E-state index in [0.29, 0.717) is 11.1 Å². The Hall–Kier alpha value is -3.05. The second kappa shape index (κ2) is 9.84. The summed E-state index contributed by atoms with van der Waals surface area (Å²) in [7, 11) is 0. The lowest BCUT2D eigenvalue weighted by atomic mass is 10.0. The van der Waals surface area contributed by atoms with E-state index >= 15 is 0 Å². The standard InChI is InChI=1S/C29H29FO/c1-3-4-5-6-7-16-31-26-13-15-28-25(20-26)19-24-17-22(12-14-27(24)28)10-11-23-9-8-21(2)29(30)18-23/h8-9,12-15,17-18,20H,3-7,16,19H2,1-2H3. The second-order valence-electron chi connectivity index (χ2n) is 8.34. The van der Waals surface area contributed by atoms with Crippen LogP contribution in [0.4, 0.5) is 4.39 Å². The van der Waals surface area contributed by atoms with Gasteiger partial charge in [0.05, 0.1) is 6.61 Å². The Bertz CT molecular complexity index is 1130. The van der Waals surface area contributed by atoms with E-state index in [4.69, 9.17) is 4.74 Å². The monoisotopic (exact) mass is 412 g/mol. The summed E-state index contributed by atoms with van der Waals surface area (Å²) >= 11 is 0. The maximum atomic E-state index is 13.7. The molecule has 0 aromatic heterocycles. The third-order valence-electron chi connectivity index (χ3n) is 5.89. The molecule has 0 atom stereocenters. The summed E-state index contributed by atoms with van der Waals surface area (Å²) < 4.78 is 19.7. The Kier molecular flexibility index (Phi) is 6.73.